The van der Waals surface area contributed by atoms with Gasteiger partial charge in [0.2, 0.25) is 5.91 Å². The van der Waals surface area contributed by atoms with E-state index in [1.165, 1.54) is 4.70 Å². The zero-order valence-electron chi connectivity index (χ0n) is 13.6. The fourth-order valence-electron chi connectivity index (χ4n) is 3.14. The van der Waals surface area contributed by atoms with E-state index in [-0.39, 0.29) is 5.91 Å². The number of carboxylic acids is 1. The number of aryl methyl sites for hydroxylation is 1. The van der Waals surface area contributed by atoms with E-state index in [0.717, 1.165) is 36.2 Å². The van der Waals surface area contributed by atoms with Crippen LogP contribution < -0.4 is 0 Å². The van der Waals surface area contributed by atoms with Crippen molar-refractivity contribution < 1.29 is 14.7 Å². The highest BCUT2D eigenvalue weighted by Crippen LogP contribution is 2.23. The van der Waals surface area contributed by atoms with Crippen molar-refractivity contribution in [3.05, 3.63) is 29.3 Å². The van der Waals surface area contributed by atoms with Crippen LogP contribution in [0.1, 0.15) is 37.1 Å². The number of likely N-dealkylation sites (tertiary alicyclic amines) is 1. The van der Waals surface area contributed by atoms with E-state index < -0.39 is 11.9 Å². The first kappa shape index (κ1) is 16.9. The molecule has 1 fully saturated rings. The molecule has 5 nitrogen and oxygen atoms in total. The molecule has 0 aliphatic carbocycles. The Balaban J connectivity index is 1.42. The molecule has 2 aromatic rings. The number of aromatic nitrogens is 1. The summed E-state index contributed by atoms with van der Waals surface area (Å²) in [6, 6.07) is 8.11. The fourth-order valence-corrected chi connectivity index (χ4v) is 4.15. The minimum absolute atomic E-state index is 0.0882. The quantitative estimate of drug-likeness (QED) is 0.815. The minimum atomic E-state index is -0.789. The summed E-state index contributed by atoms with van der Waals surface area (Å²) in [5.74, 6) is -1.10. The normalized spacial score (nSPS) is 18.0. The molecule has 1 saturated heterocycles. The molecule has 128 valence electrons. The standard InChI is InChI=1S/C18H22N2O3S/c21-17(20-11-5-6-13(12-20)18(22)23)10-4-3-9-16-19-14-7-1-2-8-15(14)24-16/h1-2,7-8,13H,3-6,9-12H2,(H,22,23). The molecule has 1 atom stereocenters. The topological polar surface area (TPSA) is 70.5 Å². The highest BCUT2D eigenvalue weighted by molar-refractivity contribution is 7.18. The SMILES string of the molecule is O=C(O)C1CCCN(C(=O)CCCCc2nc3ccccc3s2)C1. The molecule has 0 saturated carbocycles. The van der Waals surface area contributed by atoms with Crippen molar-refractivity contribution in [2.45, 2.75) is 38.5 Å². The number of fused-ring (bicyclic) bond motifs is 1. The van der Waals surface area contributed by atoms with Crippen molar-refractivity contribution in [1.82, 2.24) is 9.88 Å². The average Bonchev–Trinajstić information content (AvgIpc) is 3.01. The summed E-state index contributed by atoms with van der Waals surface area (Å²) >= 11 is 1.72. The molecular weight excluding hydrogens is 324 g/mol. The number of hydrogen-bond acceptors (Lipinski definition) is 4. The maximum absolute atomic E-state index is 12.2. The van der Waals surface area contributed by atoms with Gasteiger partial charge >= 0.3 is 5.97 Å². The highest BCUT2D eigenvalue weighted by atomic mass is 32.1. The predicted octanol–water partition coefficient (Wildman–Crippen LogP) is 3.33. The van der Waals surface area contributed by atoms with Crippen LogP contribution in [0.5, 0.6) is 0 Å². The summed E-state index contributed by atoms with van der Waals surface area (Å²) in [7, 11) is 0. The largest absolute Gasteiger partial charge is 0.481 e. The number of carbonyl (C=O) groups is 2. The van der Waals surface area contributed by atoms with Crippen molar-refractivity contribution in [3.63, 3.8) is 0 Å². The molecule has 1 N–H and O–H groups in total. The van der Waals surface area contributed by atoms with Gasteiger partial charge in [-0.3, -0.25) is 9.59 Å². The number of carbonyl (C=O) groups excluding carboxylic acids is 1. The number of hydrogen-bond donors (Lipinski definition) is 1. The fraction of sp³-hybridized carbons (Fsp3) is 0.500. The van der Waals surface area contributed by atoms with Crippen molar-refractivity contribution >= 4 is 33.4 Å². The molecule has 1 unspecified atom stereocenters. The second-order valence-electron chi connectivity index (χ2n) is 6.30. The number of piperidine rings is 1. The van der Waals surface area contributed by atoms with E-state index in [0.29, 0.717) is 25.9 Å². The van der Waals surface area contributed by atoms with E-state index in [9.17, 15) is 9.59 Å². The van der Waals surface area contributed by atoms with Gasteiger partial charge in [0, 0.05) is 19.5 Å². The molecule has 1 aromatic heterocycles. The lowest BCUT2D eigenvalue weighted by molar-refractivity contribution is -0.145. The molecule has 6 heteroatoms. The number of benzene rings is 1. The van der Waals surface area contributed by atoms with Crippen LogP contribution in [0.4, 0.5) is 0 Å². The predicted molar refractivity (Wildman–Crippen MR) is 94.1 cm³/mol. The Kier molecular flexibility index (Phi) is 5.45. The zero-order valence-corrected chi connectivity index (χ0v) is 14.4. The van der Waals surface area contributed by atoms with E-state index in [1.807, 2.05) is 18.2 Å². The Labute approximate surface area is 145 Å². The number of unbranched alkanes of at least 4 members (excludes halogenated alkanes) is 1. The van der Waals surface area contributed by atoms with Crippen molar-refractivity contribution in [1.29, 1.82) is 0 Å². The summed E-state index contributed by atoms with van der Waals surface area (Å²) in [4.78, 5) is 29.6. The van der Waals surface area contributed by atoms with E-state index >= 15 is 0 Å². The van der Waals surface area contributed by atoms with Gasteiger partial charge in [-0.15, -0.1) is 11.3 Å². The van der Waals surface area contributed by atoms with Gasteiger partial charge in [0.05, 0.1) is 21.1 Å². The van der Waals surface area contributed by atoms with Crippen molar-refractivity contribution in [2.24, 2.45) is 5.92 Å². The number of nitrogens with zero attached hydrogens (tertiary/aromatic N) is 2. The highest BCUT2D eigenvalue weighted by Gasteiger charge is 2.27. The Morgan fingerprint density at radius 1 is 1.29 bits per heavy atom. The molecule has 24 heavy (non-hydrogen) atoms. The van der Waals surface area contributed by atoms with E-state index in [1.54, 1.807) is 16.2 Å². The zero-order chi connectivity index (χ0) is 16.9. The number of amides is 1. The van der Waals surface area contributed by atoms with Gasteiger partial charge in [0.15, 0.2) is 0 Å². The molecule has 1 aromatic carbocycles. The summed E-state index contributed by atoms with van der Waals surface area (Å²) < 4.78 is 1.21. The van der Waals surface area contributed by atoms with Crippen LogP contribution in [0.25, 0.3) is 10.2 Å². The van der Waals surface area contributed by atoms with Gasteiger partial charge in [0.25, 0.3) is 0 Å². The summed E-state index contributed by atoms with van der Waals surface area (Å²) in [6.45, 7) is 1.06. The number of rotatable bonds is 6. The van der Waals surface area contributed by atoms with Crippen LogP contribution >= 0.6 is 11.3 Å². The van der Waals surface area contributed by atoms with Gasteiger partial charge in [-0.25, -0.2) is 4.98 Å². The molecule has 1 aliphatic heterocycles. The lowest BCUT2D eigenvalue weighted by Crippen LogP contribution is -2.42. The number of para-hydroxylation sites is 1. The lowest BCUT2D eigenvalue weighted by Gasteiger charge is -2.30. The Bertz CT molecular complexity index is 695. The third-order valence-electron chi connectivity index (χ3n) is 4.49. The first-order chi connectivity index (χ1) is 11.6. The molecule has 1 aliphatic rings. The maximum atomic E-state index is 12.2. The average molecular weight is 346 g/mol. The summed E-state index contributed by atoms with van der Waals surface area (Å²) in [6.07, 6.45) is 4.61. The first-order valence-electron chi connectivity index (χ1n) is 8.48. The monoisotopic (exact) mass is 346 g/mol. The molecule has 0 spiro atoms. The van der Waals surface area contributed by atoms with Crippen molar-refractivity contribution in [3.8, 4) is 0 Å². The van der Waals surface area contributed by atoms with Crippen LogP contribution in [0.15, 0.2) is 24.3 Å². The molecule has 2 heterocycles. The van der Waals surface area contributed by atoms with Gasteiger partial charge in [-0.05, 0) is 44.2 Å². The lowest BCUT2D eigenvalue weighted by atomic mass is 9.98. The number of thiazole rings is 1. The second kappa shape index (κ2) is 7.75. The molecule has 0 bridgehead atoms. The van der Waals surface area contributed by atoms with Crippen LogP contribution in [0.2, 0.25) is 0 Å². The second-order valence-corrected chi connectivity index (χ2v) is 7.41. The minimum Gasteiger partial charge on any atom is -0.481 e. The van der Waals surface area contributed by atoms with Crippen LogP contribution in [-0.2, 0) is 16.0 Å². The molecular formula is C18H22N2O3S. The number of aliphatic carboxylic acids is 1. The van der Waals surface area contributed by atoms with Gasteiger partial charge in [-0.2, -0.15) is 0 Å². The Morgan fingerprint density at radius 3 is 2.92 bits per heavy atom. The van der Waals surface area contributed by atoms with Crippen LogP contribution in [-0.4, -0.2) is 40.0 Å². The molecule has 0 radical (unpaired) electrons. The van der Waals surface area contributed by atoms with Crippen LogP contribution in [0, 0.1) is 5.92 Å². The smallest absolute Gasteiger partial charge is 0.308 e. The third kappa shape index (κ3) is 4.12. The van der Waals surface area contributed by atoms with Gasteiger partial charge < -0.3 is 10.0 Å². The third-order valence-corrected chi connectivity index (χ3v) is 5.59. The van der Waals surface area contributed by atoms with Gasteiger partial charge in [-0.1, -0.05) is 12.1 Å². The number of carboxylic acid groups (broad SMARTS) is 1. The first-order valence-corrected chi connectivity index (χ1v) is 9.30. The Morgan fingerprint density at radius 2 is 2.12 bits per heavy atom. The van der Waals surface area contributed by atoms with E-state index in [2.05, 4.69) is 11.1 Å². The molecule has 1 amide bonds. The Hall–Kier alpha value is -1.95. The molecule has 3 rings (SSSR count). The van der Waals surface area contributed by atoms with Gasteiger partial charge in [0.1, 0.15) is 0 Å². The van der Waals surface area contributed by atoms with Crippen LogP contribution in [0.3, 0.4) is 0 Å². The summed E-state index contributed by atoms with van der Waals surface area (Å²) in [5, 5.41) is 10.2. The van der Waals surface area contributed by atoms with E-state index in [4.69, 9.17) is 5.11 Å². The summed E-state index contributed by atoms with van der Waals surface area (Å²) in [5.41, 5.74) is 1.04. The van der Waals surface area contributed by atoms with Crippen molar-refractivity contribution in [2.75, 3.05) is 13.1 Å². The maximum Gasteiger partial charge on any atom is 0.308 e.